The van der Waals surface area contributed by atoms with E-state index in [-0.39, 0.29) is 11.6 Å². The van der Waals surface area contributed by atoms with Crippen LogP contribution in [0, 0.1) is 23.0 Å². The zero-order valence-corrected chi connectivity index (χ0v) is 18.5. The highest BCUT2D eigenvalue weighted by molar-refractivity contribution is 6.10. The SMILES string of the molecule is CCC1CCC2(CC1)NC(=O)N(CC(=O)Nc1cc(C)nn1-c1ccc([N+](=O)[O-])cc1)C2=O. The molecule has 2 aromatic rings. The Morgan fingerprint density at radius 2 is 1.94 bits per heavy atom. The molecule has 2 fully saturated rings. The average Bonchev–Trinajstić information content (AvgIpc) is 3.26. The van der Waals surface area contributed by atoms with Gasteiger partial charge in [-0.05, 0) is 50.7 Å². The number of carbonyl (C=O) groups excluding carboxylic acids is 3. The Hall–Kier alpha value is -3.76. The first-order valence-corrected chi connectivity index (χ1v) is 11.0. The lowest BCUT2D eigenvalue weighted by Gasteiger charge is -2.34. The van der Waals surface area contributed by atoms with Gasteiger partial charge in [0.1, 0.15) is 17.9 Å². The van der Waals surface area contributed by atoms with Gasteiger partial charge in [-0.25, -0.2) is 9.48 Å². The minimum Gasteiger partial charge on any atom is -0.323 e. The third kappa shape index (κ3) is 4.30. The molecule has 11 nitrogen and oxygen atoms in total. The van der Waals surface area contributed by atoms with Crippen molar-refractivity contribution in [1.29, 1.82) is 0 Å². The van der Waals surface area contributed by atoms with Gasteiger partial charge in [-0.3, -0.25) is 24.6 Å². The summed E-state index contributed by atoms with van der Waals surface area (Å²) in [5.41, 5.74) is 0.171. The molecule has 2 N–H and O–H groups in total. The summed E-state index contributed by atoms with van der Waals surface area (Å²) in [6.07, 6.45) is 3.96. The number of rotatable bonds is 6. The lowest BCUT2D eigenvalue weighted by molar-refractivity contribution is -0.384. The number of benzene rings is 1. The fourth-order valence-corrected chi connectivity index (χ4v) is 4.56. The number of nitrogens with zero attached hydrogens (tertiary/aromatic N) is 4. The zero-order valence-electron chi connectivity index (χ0n) is 18.5. The van der Waals surface area contributed by atoms with Crippen LogP contribution in [-0.4, -0.2) is 49.5 Å². The predicted molar refractivity (Wildman–Crippen MR) is 119 cm³/mol. The second-order valence-corrected chi connectivity index (χ2v) is 8.66. The summed E-state index contributed by atoms with van der Waals surface area (Å²) in [5, 5.41) is 20.7. The molecule has 0 radical (unpaired) electrons. The van der Waals surface area contributed by atoms with E-state index in [9.17, 15) is 24.5 Å². The number of hydrogen-bond acceptors (Lipinski definition) is 6. The van der Waals surface area contributed by atoms with E-state index in [0.29, 0.717) is 36.0 Å². The lowest BCUT2D eigenvalue weighted by atomic mass is 9.75. The molecular weight excluding hydrogens is 428 g/mol. The number of imide groups is 1. The Balaban J connectivity index is 1.46. The van der Waals surface area contributed by atoms with Gasteiger partial charge in [-0.2, -0.15) is 5.10 Å². The first kappa shape index (κ1) is 22.4. The molecular formula is C22H26N6O5. The van der Waals surface area contributed by atoms with E-state index in [4.69, 9.17) is 0 Å². The Bertz CT molecular complexity index is 1100. The molecule has 1 aliphatic carbocycles. The third-order valence-electron chi connectivity index (χ3n) is 6.49. The average molecular weight is 454 g/mol. The van der Waals surface area contributed by atoms with Gasteiger partial charge in [-0.1, -0.05) is 13.3 Å². The third-order valence-corrected chi connectivity index (χ3v) is 6.49. The highest BCUT2D eigenvalue weighted by atomic mass is 16.6. The number of aromatic nitrogens is 2. The monoisotopic (exact) mass is 454 g/mol. The van der Waals surface area contributed by atoms with E-state index in [2.05, 4.69) is 22.7 Å². The molecule has 4 rings (SSSR count). The first-order chi connectivity index (χ1) is 15.7. The molecule has 1 saturated heterocycles. The van der Waals surface area contributed by atoms with Gasteiger partial charge < -0.3 is 10.6 Å². The Labute approximate surface area is 190 Å². The van der Waals surface area contributed by atoms with Crippen LogP contribution in [0.2, 0.25) is 0 Å². The van der Waals surface area contributed by atoms with Gasteiger partial charge in [0.15, 0.2) is 0 Å². The van der Waals surface area contributed by atoms with Gasteiger partial charge in [0.2, 0.25) is 5.91 Å². The number of non-ortho nitro benzene ring substituents is 1. The highest BCUT2D eigenvalue weighted by Gasteiger charge is 2.52. The minimum absolute atomic E-state index is 0.0614. The molecule has 0 atom stereocenters. The van der Waals surface area contributed by atoms with Crippen molar-refractivity contribution < 1.29 is 19.3 Å². The Morgan fingerprint density at radius 1 is 1.27 bits per heavy atom. The van der Waals surface area contributed by atoms with E-state index < -0.39 is 28.9 Å². The van der Waals surface area contributed by atoms with Gasteiger partial charge in [0.05, 0.1) is 16.3 Å². The van der Waals surface area contributed by atoms with E-state index in [1.165, 1.54) is 28.9 Å². The highest BCUT2D eigenvalue weighted by Crippen LogP contribution is 2.37. The summed E-state index contributed by atoms with van der Waals surface area (Å²) in [5.74, 6) is -0.00434. The molecule has 0 unspecified atom stereocenters. The molecule has 1 aromatic heterocycles. The van der Waals surface area contributed by atoms with Crippen molar-refractivity contribution in [3.05, 3.63) is 46.1 Å². The maximum atomic E-state index is 13.0. The summed E-state index contributed by atoms with van der Waals surface area (Å²) in [7, 11) is 0. The van der Waals surface area contributed by atoms with Crippen LogP contribution < -0.4 is 10.6 Å². The van der Waals surface area contributed by atoms with Crippen LogP contribution in [0.3, 0.4) is 0 Å². The van der Waals surface area contributed by atoms with Gasteiger partial charge >= 0.3 is 6.03 Å². The number of nitrogens with one attached hydrogen (secondary N) is 2. The van der Waals surface area contributed by atoms with Crippen LogP contribution in [0.25, 0.3) is 5.69 Å². The van der Waals surface area contributed by atoms with E-state index in [1.54, 1.807) is 13.0 Å². The quantitative estimate of drug-likeness (QED) is 0.391. The standard InChI is InChI=1S/C22H26N6O5/c1-3-15-8-10-22(11-9-15)20(30)26(21(31)24-22)13-19(29)23-18-12-14(2)25-27(18)16-4-6-17(7-5-16)28(32)33/h4-7,12,15H,3,8-11,13H2,1-2H3,(H,23,29)(H,24,31). The predicted octanol–water partition coefficient (Wildman–Crippen LogP) is 2.92. The maximum Gasteiger partial charge on any atom is 0.325 e. The van der Waals surface area contributed by atoms with Crippen molar-refractivity contribution >= 4 is 29.4 Å². The van der Waals surface area contributed by atoms with Crippen LogP contribution in [0.15, 0.2) is 30.3 Å². The fourth-order valence-electron chi connectivity index (χ4n) is 4.56. The van der Waals surface area contributed by atoms with Gasteiger partial charge in [0, 0.05) is 18.2 Å². The molecule has 174 valence electrons. The second kappa shape index (κ2) is 8.64. The van der Waals surface area contributed by atoms with Gasteiger partial charge in [-0.15, -0.1) is 0 Å². The molecule has 2 heterocycles. The molecule has 1 saturated carbocycles. The summed E-state index contributed by atoms with van der Waals surface area (Å²) < 4.78 is 1.44. The summed E-state index contributed by atoms with van der Waals surface area (Å²) >= 11 is 0. The number of carbonyl (C=O) groups is 3. The normalized spacial score (nSPS) is 22.5. The van der Waals surface area contributed by atoms with E-state index >= 15 is 0 Å². The minimum atomic E-state index is -0.903. The van der Waals surface area contributed by atoms with E-state index in [0.717, 1.165) is 24.2 Å². The van der Waals surface area contributed by atoms with Crippen LogP contribution in [0.1, 0.15) is 44.7 Å². The largest absolute Gasteiger partial charge is 0.325 e. The number of aryl methyl sites for hydroxylation is 1. The summed E-state index contributed by atoms with van der Waals surface area (Å²) in [6, 6.07) is 6.82. The summed E-state index contributed by atoms with van der Waals surface area (Å²) in [6.45, 7) is 3.46. The Morgan fingerprint density at radius 3 is 2.55 bits per heavy atom. The zero-order chi connectivity index (χ0) is 23.8. The number of nitro benzene ring substituents is 1. The van der Waals surface area contributed by atoms with Crippen LogP contribution >= 0.6 is 0 Å². The number of anilines is 1. The maximum absolute atomic E-state index is 13.0. The molecule has 33 heavy (non-hydrogen) atoms. The fraction of sp³-hybridized carbons (Fsp3) is 0.455. The van der Waals surface area contributed by atoms with Crippen molar-refractivity contribution in [3.63, 3.8) is 0 Å². The van der Waals surface area contributed by atoms with E-state index in [1.807, 2.05) is 0 Å². The number of urea groups is 1. The van der Waals surface area contributed by atoms with Crippen molar-refractivity contribution in [2.75, 3.05) is 11.9 Å². The molecule has 0 bridgehead atoms. The van der Waals surface area contributed by atoms with Crippen molar-refractivity contribution in [2.45, 2.75) is 51.5 Å². The van der Waals surface area contributed by atoms with Gasteiger partial charge in [0.25, 0.3) is 11.6 Å². The first-order valence-electron chi connectivity index (χ1n) is 11.0. The van der Waals surface area contributed by atoms with Crippen LogP contribution in [0.5, 0.6) is 0 Å². The molecule has 2 aliphatic rings. The topological polar surface area (TPSA) is 139 Å². The molecule has 1 spiro atoms. The van der Waals surface area contributed by atoms with Crippen molar-refractivity contribution in [1.82, 2.24) is 20.0 Å². The molecule has 1 aliphatic heterocycles. The molecule has 1 aromatic carbocycles. The summed E-state index contributed by atoms with van der Waals surface area (Å²) in [4.78, 5) is 49.7. The molecule has 4 amide bonds. The second-order valence-electron chi connectivity index (χ2n) is 8.66. The van der Waals surface area contributed by atoms with Crippen molar-refractivity contribution in [2.24, 2.45) is 5.92 Å². The number of hydrogen-bond donors (Lipinski definition) is 2. The number of amides is 4. The van der Waals surface area contributed by atoms with Crippen LogP contribution in [0.4, 0.5) is 16.3 Å². The Kier molecular flexibility index (Phi) is 5.88. The smallest absolute Gasteiger partial charge is 0.323 e. The molecule has 11 heteroatoms. The number of nitro groups is 1. The van der Waals surface area contributed by atoms with Crippen LogP contribution in [-0.2, 0) is 9.59 Å². The van der Waals surface area contributed by atoms with Crippen molar-refractivity contribution in [3.8, 4) is 5.69 Å². The lowest BCUT2D eigenvalue weighted by Crippen LogP contribution is -2.49.